The fraction of sp³-hybridized carbons (Fsp3) is 0.550. The minimum Gasteiger partial charge on any atom is -0.370 e. The first-order chi connectivity index (χ1) is 13.5. The topological polar surface area (TPSA) is 102 Å². The summed E-state index contributed by atoms with van der Waals surface area (Å²) < 4.78 is 2.01. The van der Waals surface area contributed by atoms with E-state index >= 15 is 0 Å². The van der Waals surface area contributed by atoms with Crippen LogP contribution in [0, 0.1) is 5.92 Å². The van der Waals surface area contributed by atoms with Crippen LogP contribution in [0.1, 0.15) is 46.0 Å². The first-order valence-electron chi connectivity index (χ1n) is 9.81. The van der Waals surface area contributed by atoms with Crippen molar-refractivity contribution in [2.24, 2.45) is 17.4 Å². The second kappa shape index (κ2) is 11.3. The van der Waals surface area contributed by atoms with Gasteiger partial charge >= 0.3 is 0 Å². The van der Waals surface area contributed by atoms with Crippen molar-refractivity contribution in [3.05, 3.63) is 18.2 Å². The van der Waals surface area contributed by atoms with Crippen LogP contribution in [-0.2, 0) is 9.59 Å². The number of fused-ring (bicyclic) bond motifs is 1. The fourth-order valence-corrected chi connectivity index (χ4v) is 5.15. The summed E-state index contributed by atoms with van der Waals surface area (Å²) in [7, 11) is 0. The minimum atomic E-state index is -0.570. The lowest BCUT2D eigenvalue weighted by Gasteiger charge is -2.25. The zero-order valence-corrected chi connectivity index (χ0v) is 18.3. The molecule has 0 aliphatic rings. The monoisotopic (exact) mass is 422 g/mol. The zero-order valence-electron chi connectivity index (χ0n) is 16.6. The Bertz CT molecular complexity index is 786. The highest BCUT2D eigenvalue weighted by atomic mass is 32.2. The van der Waals surface area contributed by atoms with E-state index in [2.05, 4.69) is 36.9 Å². The number of hydrogen-bond acceptors (Lipinski definition) is 6. The van der Waals surface area contributed by atoms with Gasteiger partial charge in [0.15, 0.2) is 4.34 Å². The zero-order chi connectivity index (χ0) is 20.5. The summed E-state index contributed by atoms with van der Waals surface area (Å²) in [6.45, 7) is 6.46. The van der Waals surface area contributed by atoms with Gasteiger partial charge in [-0.1, -0.05) is 44.5 Å². The molecule has 6 nitrogen and oxygen atoms in total. The Balaban J connectivity index is 2.20. The van der Waals surface area contributed by atoms with Gasteiger partial charge in [0.05, 0.1) is 16.3 Å². The number of nitrogens with zero attached hydrogens (tertiary/aromatic N) is 2. The quantitative estimate of drug-likeness (QED) is 0.478. The van der Waals surface area contributed by atoms with Crippen LogP contribution >= 0.6 is 23.1 Å². The van der Waals surface area contributed by atoms with Gasteiger partial charge < -0.3 is 16.4 Å². The third-order valence-corrected chi connectivity index (χ3v) is 6.87. The van der Waals surface area contributed by atoms with Gasteiger partial charge in [-0.15, -0.1) is 11.3 Å². The van der Waals surface area contributed by atoms with E-state index in [1.807, 2.05) is 0 Å². The van der Waals surface area contributed by atoms with Crippen LogP contribution in [0.15, 0.2) is 22.5 Å². The van der Waals surface area contributed by atoms with Crippen molar-refractivity contribution in [2.75, 3.05) is 23.7 Å². The molecule has 1 unspecified atom stereocenters. The van der Waals surface area contributed by atoms with Crippen molar-refractivity contribution in [3.63, 3.8) is 0 Å². The van der Waals surface area contributed by atoms with Crippen molar-refractivity contribution in [1.82, 2.24) is 4.98 Å². The number of hydrogen-bond donors (Lipinski definition) is 2. The van der Waals surface area contributed by atoms with E-state index in [1.165, 1.54) is 17.4 Å². The number of thiazole rings is 1. The maximum absolute atomic E-state index is 11.5. The lowest BCUT2D eigenvalue weighted by atomic mass is 10.1. The number of aromatic nitrogens is 1. The maximum atomic E-state index is 11.5. The van der Waals surface area contributed by atoms with Crippen molar-refractivity contribution in [2.45, 2.75) is 50.3 Å². The SMILES string of the molecule is CCCCN(CCCC)c1cccc2sc(SCC(CC(N)=O)C(N)=O)nc12. The van der Waals surface area contributed by atoms with Gasteiger partial charge in [-0.05, 0) is 25.0 Å². The molecule has 0 fully saturated rings. The summed E-state index contributed by atoms with van der Waals surface area (Å²) in [6, 6.07) is 6.29. The Labute approximate surface area is 175 Å². The molecule has 28 heavy (non-hydrogen) atoms. The average molecular weight is 423 g/mol. The van der Waals surface area contributed by atoms with Gasteiger partial charge in [-0.2, -0.15) is 0 Å². The molecule has 154 valence electrons. The summed E-state index contributed by atoms with van der Waals surface area (Å²) in [5.41, 5.74) is 12.8. The molecule has 1 aromatic heterocycles. The second-order valence-corrected chi connectivity index (χ2v) is 9.18. The Kier molecular flexibility index (Phi) is 9.05. The molecule has 0 radical (unpaired) electrons. The van der Waals surface area contributed by atoms with E-state index in [-0.39, 0.29) is 6.42 Å². The highest BCUT2D eigenvalue weighted by Crippen LogP contribution is 2.36. The van der Waals surface area contributed by atoms with Gasteiger partial charge in [-0.25, -0.2) is 4.98 Å². The molecule has 0 saturated carbocycles. The molecule has 2 rings (SSSR count). The molecule has 0 bridgehead atoms. The van der Waals surface area contributed by atoms with Gasteiger partial charge in [-0.3, -0.25) is 9.59 Å². The Morgan fingerprint density at radius 1 is 1.18 bits per heavy atom. The van der Waals surface area contributed by atoms with Crippen molar-refractivity contribution in [1.29, 1.82) is 0 Å². The average Bonchev–Trinajstić information content (AvgIpc) is 3.08. The summed E-state index contributed by atoms with van der Waals surface area (Å²) in [5, 5.41) is 0. The Morgan fingerprint density at radius 3 is 2.43 bits per heavy atom. The summed E-state index contributed by atoms with van der Waals surface area (Å²) >= 11 is 3.07. The smallest absolute Gasteiger partial charge is 0.221 e. The first kappa shape index (κ1) is 22.5. The summed E-state index contributed by atoms with van der Waals surface area (Å²) in [5.74, 6) is -1.18. The van der Waals surface area contributed by atoms with Gasteiger partial charge in [0, 0.05) is 25.3 Å². The Hall–Kier alpha value is -1.80. The van der Waals surface area contributed by atoms with E-state index in [4.69, 9.17) is 16.5 Å². The van der Waals surface area contributed by atoms with Gasteiger partial charge in [0.1, 0.15) is 5.52 Å². The van der Waals surface area contributed by atoms with E-state index in [9.17, 15) is 9.59 Å². The number of carbonyl (C=O) groups excluding carboxylic acids is 2. The molecule has 0 saturated heterocycles. The fourth-order valence-electron chi connectivity index (χ4n) is 2.94. The van der Waals surface area contributed by atoms with Gasteiger partial charge in [0.2, 0.25) is 11.8 Å². The predicted octanol–water partition coefficient (Wildman–Crippen LogP) is 3.77. The second-order valence-electron chi connectivity index (χ2n) is 6.88. The van der Waals surface area contributed by atoms with Crippen molar-refractivity contribution in [3.8, 4) is 0 Å². The van der Waals surface area contributed by atoms with Crippen molar-refractivity contribution >= 4 is 50.8 Å². The van der Waals surface area contributed by atoms with Crippen LogP contribution in [0.5, 0.6) is 0 Å². The molecule has 1 atom stereocenters. The lowest BCUT2D eigenvalue weighted by Crippen LogP contribution is -2.29. The summed E-state index contributed by atoms with van der Waals surface area (Å²) in [6.07, 6.45) is 4.59. The van der Waals surface area contributed by atoms with E-state index in [1.54, 1.807) is 11.3 Å². The molecule has 2 amide bonds. The highest BCUT2D eigenvalue weighted by molar-refractivity contribution is 8.01. The number of primary amides is 2. The lowest BCUT2D eigenvalue weighted by molar-refractivity contribution is -0.126. The molecule has 0 aliphatic heterocycles. The molecule has 0 aliphatic carbocycles. The molecule has 4 N–H and O–H groups in total. The normalized spacial score (nSPS) is 12.2. The summed E-state index contributed by atoms with van der Waals surface area (Å²) in [4.78, 5) is 30.0. The van der Waals surface area contributed by atoms with E-state index in [0.29, 0.717) is 5.75 Å². The molecule has 8 heteroatoms. The number of rotatable bonds is 13. The molecule has 0 spiro atoms. The standard InChI is InChI=1S/C20H30N4O2S2/c1-3-5-10-24(11-6-4-2)15-8-7-9-16-18(15)23-20(28-16)27-13-14(19(22)26)12-17(21)25/h7-9,14H,3-6,10-13H2,1-2H3,(H2,21,25)(H2,22,26). The largest absolute Gasteiger partial charge is 0.370 e. The maximum Gasteiger partial charge on any atom is 0.221 e. The van der Waals surface area contributed by atoms with Crippen molar-refractivity contribution < 1.29 is 9.59 Å². The van der Waals surface area contributed by atoms with Gasteiger partial charge in [0.25, 0.3) is 0 Å². The van der Waals surface area contributed by atoms with Crippen LogP contribution in [0.4, 0.5) is 5.69 Å². The highest BCUT2D eigenvalue weighted by Gasteiger charge is 2.20. The van der Waals surface area contributed by atoms with E-state index < -0.39 is 17.7 Å². The number of benzene rings is 1. The number of thioether (sulfide) groups is 1. The molecular weight excluding hydrogens is 392 g/mol. The molecule has 2 aromatic rings. The molecule has 1 heterocycles. The molecule has 1 aromatic carbocycles. The van der Waals surface area contributed by atoms with Crippen LogP contribution in [-0.4, -0.2) is 35.6 Å². The number of anilines is 1. The first-order valence-corrected chi connectivity index (χ1v) is 11.6. The predicted molar refractivity (Wildman–Crippen MR) is 119 cm³/mol. The van der Waals surface area contributed by atoms with E-state index in [0.717, 1.165) is 53.3 Å². The number of carbonyl (C=O) groups is 2. The Morgan fingerprint density at radius 2 is 1.86 bits per heavy atom. The number of unbranched alkanes of at least 4 members (excludes halogenated alkanes) is 2. The van der Waals surface area contributed by atoms with Crippen LogP contribution in [0.2, 0.25) is 0 Å². The van der Waals surface area contributed by atoms with Crippen LogP contribution in [0.25, 0.3) is 10.2 Å². The van der Waals surface area contributed by atoms with Crippen LogP contribution in [0.3, 0.4) is 0 Å². The van der Waals surface area contributed by atoms with Crippen LogP contribution < -0.4 is 16.4 Å². The third-order valence-electron chi connectivity index (χ3n) is 4.54. The number of amides is 2. The third kappa shape index (κ3) is 6.38. The minimum absolute atomic E-state index is 0.0275. The number of para-hydroxylation sites is 1. The molecular formula is C20H30N4O2S2. The number of nitrogens with two attached hydrogens (primary N) is 2.